The van der Waals surface area contributed by atoms with E-state index in [-0.39, 0.29) is 5.41 Å². The Morgan fingerprint density at radius 1 is 1.11 bits per heavy atom. The van der Waals surface area contributed by atoms with Crippen molar-refractivity contribution in [1.29, 1.82) is 0 Å². The van der Waals surface area contributed by atoms with Crippen LogP contribution in [0.2, 0.25) is 0 Å². The Kier molecular flexibility index (Phi) is 2.51. The van der Waals surface area contributed by atoms with Crippen LogP contribution in [0.4, 0.5) is 0 Å². The molecule has 3 heteroatoms. The van der Waals surface area contributed by atoms with E-state index < -0.39 is 0 Å². The molecule has 1 aromatic carbocycles. The Morgan fingerprint density at radius 3 is 2.33 bits per heavy atom. The first-order chi connectivity index (χ1) is 8.54. The molecule has 18 heavy (non-hydrogen) atoms. The molecular weight excluding hydrogens is 222 g/mol. The van der Waals surface area contributed by atoms with E-state index in [4.69, 9.17) is 0 Å². The minimum atomic E-state index is 0.191. The summed E-state index contributed by atoms with van der Waals surface area (Å²) < 4.78 is 0. The van der Waals surface area contributed by atoms with Crippen LogP contribution >= 0.6 is 0 Å². The number of rotatable bonds is 2. The third-order valence-corrected chi connectivity index (χ3v) is 3.48. The van der Waals surface area contributed by atoms with Crippen LogP contribution < -0.4 is 0 Å². The summed E-state index contributed by atoms with van der Waals surface area (Å²) in [4.78, 5) is 4.57. The van der Waals surface area contributed by atoms with Gasteiger partial charge in [0.2, 0.25) is 0 Å². The Bertz CT molecular complexity index is 542. The number of hydrogen-bond acceptors (Lipinski definition) is 2. The summed E-state index contributed by atoms with van der Waals surface area (Å²) in [5, 5.41) is 7.35. The predicted molar refractivity (Wildman–Crippen MR) is 72.5 cm³/mol. The highest BCUT2D eigenvalue weighted by Crippen LogP contribution is 2.38. The van der Waals surface area contributed by atoms with Gasteiger partial charge in [-0.15, -0.1) is 0 Å². The summed E-state index contributed by atoms with van der Waals surface area (Å²) in [6, 6.07) is 8.56. The standard InChI is InChI=1S/C15H19N3/c1-15(2,3)12-8-6-11(7-9-12)14-16-13(17-18-14)10-4-5-10/h6-10H,4-5H2,1-3H3,(H,16,17,18). The fourth-order valence-corrected chi connectivity index (χ4v) is 2.06. The largest absolute Gasteiger partial charge is 0.262 e. The summed E-state index contributed by atoms with van der Waals surface area (Å²) in [5.41, 5.74) is 2.62. The highest BCUT2D eigenvalue weighted by Gasteiger charge is 2.27. The van der Waals surface area contributed by atoms with Crippen molar-refractivity contribution >= 4 is 0 Å². The summed E-state index contributed by atoms with van der Waals surface area (Å²) >= 11 is 0. The molecule has 1 saturated carbocycles. The molecule has 0 bridgehead atoms. The first-order valence-electron chi connectivity index (χ1n) is 6.57. The molecular formula is C15H19N3. The zero-order chi connectivity index (χ0) is 12.8. The van der Waals surface area contributed by atoms with Crippen molar-refractivity contribution in [3.05, 3.63) is 35.7 Å². The molecule has 0 aliphatic heterocycles. The highest BCUT2D eigenvalue weighted by atomic mass is 15.2. The molecule has 0 amide bonds. The zero-order valence-electron chi connectivity index (χ0n) is 11.2. The van der Waals surface area contributed by atoms with Gasteiger partial charge < -0.3 is 0 Å². The minimum Gasteiger partial charge on any atom is -0.262 e. The molecule has 0 unspecified atom stereocenters. The van der Waals surface area contributed by atoms with Crippen molar-refractivity contribution in [2.45, 2.75) is 44.9 Å². The number of nitrogens with zero attached hydrogens (tertiary/aromatic N) is 2. The maximum Gasteiger partial charge on any atom is 0.181 e. The first-order valence-corrected chi connectivity index (χ1v) is 6.57. The molecule has 1 N–H and O–H groups in total. The topological polar surface area (TPSA) is 41.6 Å². The molecule has 2 aromatic rings. The van der Waals surface area contributed by atoms with Gasteiger partial charge in [0.25, 0.3) is 0 Å². The van der Waals surface area contributed by atoms with Crippen molar-refractivity contribution < 1.29 is 0 Å². The molecule has 1 fully saturated rings. The summed E-state index contributed by atoms with van der Waals surface area (Å²) in [6.07, 6.45) is 2.50. The quantitative estimate of drug-likeness (QED) is 0.872. The van der Waals surface area contributed by atoms with E-state index in [1.807, 2.05) is 0 Å². The Labute approximate surface area is 108 Å². The van der Waals surface area contributed by atoms with Gasteiger partial charge in [-0.25, -0.2) is 4.98 Å². The van der Waals surface area contributed by atoms with Gasteiger partial charge in [-0.1, -0.05) is 45.0 Å². The first kappa shape index (κ1) is 11.5. The van der Waals surface area contributed by atoms with E-state index in [0.717, 1.165) is 17.2 Å². The Hall–Kier alpha value is -1.64. The monoisotopic (exact) mass is 241 g/mol. The number of aromatic amines is 1. The lowest BCUT2D eigenvalue weighted by Crippen LogP contribution is -2.10. The summed E-state index contributed by atoms with van der Waals surface area (Å²) in [5.74, 6) is 2.49. The van der Waals surface area contributed by atoms with Gasteiger partial charge >= 0.3 is 0 Å². The van der Waals surface area contributed by atoms with Crippen LogP contribution in [0.25, 0.3) is 11.4 Å². The predicted octanol–water partition coefficient (Wildman–Crippen LogP) is 3.65. The van der Waals surface area contributed by atoms with Gasteiger partial charge in [0, 0.05) is 11.5 Å². The average Bonchev–Trinajstić information content (AvgIpc) is 3.06. The number of hydrogen-bond donors (Lipinski definition) is 1. The lowest BCUT2D eigenvalue weighted by molar-refractivity contribution is 0.590. The molecule has 0 saturated heterocycles. The van der Waals surface area contributed by atoms with Crippen molar-refractivity contribution in [1.82, 2.24) is 15.2 Å². The van der Waals surface area contributed by atoms with Crippen molar-refractivity contribution in [2.24, 2.45) is 0 Å². The third kappa shape index (κ3) is 2.17. The number of H-pyrrole nitrogens is 1. The van der Waals surface area contributed by atoms with Crippen LogP contribution in [0.5, 0.6) is 0 Å². The van der Waals surface area contributed by atoms with Crippen LogP contribution in [-0.4, -0.2) is 15.2 Å². The summed E-state index contributed by atoms with van der Waals surface area (Å²) in [7, 11) is 0. The molecule has 94 valence electrons. The van der Waals surface area contributed by atoms with Crippen LogP contribution in [0, 0.1) is 0 Å². The molecule has 3 rings (SSSR count). The molecule has 3 nitrogen and oxygen atoms in total. The number of nitrogens with one attached hydrogen (secondary N) is 1. The molecule has 1 aromatic heterocycles. The SMILES string of the molecule is CC(C)(C)c1ccc(-c2n[nH]c(C3CC3)n2)cc1. The van der Waals surface area contributed by atoms with Gasteiger partial charge in [0.05, 0.1) is 0 Å². The van der Waals surface area contributed by atoms with Crippen LogP contribution in [-0.2, 0) is 5.41 Å². The van der Waals surface area contributed by atoms with E-state index in [2.05, 4.69) is 60.2 Å². The summed E-state index contributed by atoms with van der Waals surface area (Å²) in [6.45, 7) is 6.67. The van der Waals surface area contributed by atoms with Crippen molar-refractivity contribution in [3.8, 4) is 11.4 Å². The van der Waals surface area contributed by atoms with E-state index in [1.54, 1.807) is 0 Å². The molecule has 0 spiro atoms. The highest BCUT2D eigenvalue weighted by molar-refractivity contribution is 5.55. The van der Waals surface area contributed by atoms with E-state index >= 15 is 0 Å². The van der Waals surface area contributed by atoms with Gasteiger partial charge in [-0.05, 0) is 23.8 Å². The van der Waals surface area contributed by atoms with Gasteiger partial charge in [-0.2, -0.15) is 5.10 Å². The van der Waals surface area contributed by atoms with E-state index in [0.29, 0.717) is 5.92 Å². The van der Waals surface area contributed by atoms with Gasteiger partial charge in [0.15, 0.2) is 5.82 Å². The maximum absolute atomic E-state index is 4.57. The van der Waals surface area contributed by atoms with Gasteiger partial charge in [0.1, 0.15) is 5.82 Å². The fourth-order valence-electron chi connectivity index (χ4n) is 2.06. The van der Waals surface area contributed by atoms with Crippen molar-refractivity contribution in [3.63, 3.8) is 0 Å². The molecule has 1 heterocycles. The minimum absolute atomic E-state index is 0.191. The van der Waals surface area contributed by atoms with Gasteiger partial charge in [-0.3, -0.25) is 5.10 Å². The fraction of sp³-hybridized carbons (Fsp3) is 0.467. The third-order valence-electron chi connectivity index (χ3n) is 3.48. The molecule has 0 radical (unpaired) electrons. The second-order valence-corrected chi connectivity index (χ2v) is 6.15. The van der Waals surface area contributed by atoms with Crippen LogP contribution in [0.1, 0.15) is 50.9 Å². The Morgan fingerprint density at radius 2 is 1.78 bits per heavy atom. The second kappa shape index (κ2) is 3.94. The maximum atomic E-state index is 4.57. The normalized spacial score (nSPS) is 15.9. The second-order valence-electron chi connectivity index (χ2n) is 6.15. The number of aromatic nitrogens is 3. The van der Waals surface area contributed by atoms with E-state index in [1.165, 1.54) is 18.4 Å². The average molecular weight is 241 g/mol. The molecule has 0 atom stereocenters. The lowest BCUT2D eigenvalue weighted by atomic mass is 9.87. The molecule has 1 aliphatic rings. The zero-order valence-corrected chi connectivity index (χ0v) is 11.2. The number of benzene rings is 1. The van der Waals surface area contributed by atoms with Crippen LogP contribution in [0.3, 0.4) is 0 Å². The Balaban J connectivity index is 1.87. The molecule has 1 aliphatic carbocycles. The van der Waals surface area contributed by atoms with Crippen molar-refractivity contribution in [2.75, 3.05) is 0 Å². The lowest BCUT2D eigenvalue weighted by Gasteiger charge is -2.18. The smallest absolute Gasteiger partial charge is 0.181 e. The van der Waals surface area contributed by atoms with E-state index in [9.17, 15) is 0 Å². The van der Waals surface area contributed by atoms with Crippen LogP contribution in [0.15, 0.2) is 24.3 Å².